The van der Waals surface area contributed by atoms with E-state index in [1.165, 1.54) is 12.1 Å². The molecule has 1 amide bonds. The average Bonchev–Trinajstić information content (AvgIpc) is 2.20. The van der Waals surface area contributed by atoms with Crippen molar-refractivity contribution in [1.29, 1.82) is 0 Å². The molecule has 1 aromatic rings. The number of primary amides is 1. The van der Waals surface area contributed by atoms with E-state index in [4.69, 9.17) is 5.73 Å². The summed E-state index contributed by atoms with van der Waals surface area (Å²) in [6.07, 6.45) is 0.748. The lowest BCUT2D eigenvalue weighted by molar-refractivity contribution is -0.119. The first kappa shape index (κ1) is 11.7. The van der Waals surface area contributed by atoms with Crippen LogP contribution in [0.4, 0.5) is 4.39 Å². The highest BCUT2D eigenvalue weighted by Crippen LogP contribution is 2.02. The predicted molar refractivity (Wildman–Crippen MR) is 56.8 cm³/mol. The minimum atomic E-state index is -0.367. The van der Waals surface area contributed by atoms with Crippen LogP contribution in [-0.4, -0.2) is 18.5 Å². The van der Waals surface area contributed by atoms with Crippen molar-refractivity contribution in [2.24, 2.45) is 5.73 Å². The molecule has 0 saturated carbocycles. The molecule has 4 heteroatoms. The van der Waals surface area contributed by atoms with Crippen LogP contribution in [0, 0.1) is 5.82 Å². The van der Waals surface area contributed by atoms with Crippen molar-refractivity contribution in [2.75, 3.05) is 6.54 Å². The fourth-order valence-corrected chi connectivity index (χ4v) is 1.18. The molecule has 0 spiro atoms. The van der Waals surface area contributed by atoms with Crippen LogP contribution >= 0.6 is 0 Å². The van der Waals surface area contributed by atoms with Crippen LogP contribution in [0.1, 0.15) is 12.5 Å². The Balaban J connectivity index is 2.32. The third kappa shape index (κ3) is 4.08. The van der Waals surface area contributed by atoms with Gasteiger partial charge in [0.15, 0.2) is 0 Å². The summed E-state index contributed by atoms with van der Waals surface area (Å²) in [4.78, 5) is 10.7. The highest BCUT2D eigenvalue weighted by molar-refractivity contribution is 5.79. The van der Waals surface area contributed by atoms with Crippen molar-refractivity contribution < 1.29 is 9.18 Å². The Kier molecular flexibility index (Phi) is 4.24. The maximum absolute atomic E-state index is 12.6. The van der Waals surface area contributed by atoms with Gasteiger partial charge in [-0.25, -0.2) is 4.39 Å². The summed E-state index contributed by atoms with van der Waals surface area (Å²) in [7, 11) is 0. The minimum absolute atomic E-state index is 0.239. The van der Waals surface area contributed by atoms with Gasteiger partial charge in [0.05, 0.1) is 6.04 Å². The smallest absolute Gasteiger partial charge is 0.234 e. The summed E-state index contributed by atoms with van der Waals surface area (Å²) in [5, 5.41) is 2.98. The summed E-state index contributed by atoms with van der Waals surface area (Å²) in [5.41, 5.74) is 6.11. The van der Waals surface area contributed by atoms with Gasteiger partial charge in [0, 0.05) is 0 Å². The van der Waals surface area contributed by atoms with Crippen LogP contribution in [0.5, 0.6) is 0 Å². The first-order valence-corrected chi connectivity index (χ1v) is 4.86. The molecular weight excluding hydrogens is 195 g/mol. The topological polar surface area (TPSA) is 55.1 Å². The summed E-state index contributed by atoms with van der Waals surface area (Å²) < 4.78 is 12.6. The van der Waals surface area contributed by atoms with E-state index in [0.29, 0.717) is 6.54 Å². The SMILES string of the molecule is CC(NCCc1ccc(F)cc1)C(N)=O. The largest absolute Gasteiger partial charge is 0.368 e. The lowest BCUT2D eigenvalue weighted by Gasteiger charge is -2.09. The molecule has 0 heterocycles. The highest BCUT2D eigenvalue weighted by Gasteiger charge is 2.06. The molecule has 1 atom stereocenters. The monoisotopic (exact) mass is 210 g/mol. The van der Waals surface area contributed by atoms with Crippen molar-refractivity contribution in [3.63, 3.8) is 0 Å². The first-order chi connectivity index (χ1) is 7.09. The number of carbonyl (C=O) groups excluding carboxylic acids is 1. The van der Waals surface area contributed by atoms with E-state index in [1.54, 1.807) is 19.1 Å². The van der Waals surface area contributed by atoms with E-state index in [-0.39, 0.29) is 17.8 Å². The molecule has 0 aliphatic heterocycles. The second-order valence-electron chi connectivity index (χ2n) is 3.45. The lowest BCUT2D eigenvalue weighted by Crippen LogP contribution is -2.39. The number of halogens is 1. The molecule has 0 saturated heterocycles. The first-order valence-electron chi connectivity index (χ1n) is 4.86. The van der Waals surface area contributed by atoms with Gasteiger partial charge >= 0.3 is 0 Å². The number of benzene rings is 1. The third-order valence-corrected chi connectivity index (χ3v) is 2.20. The third-order valence-electron chi connectivity index (χ3n) is 2.20. The molecule has 15 heavy (non-hydrogen) atoms. The maximum Gasteiger partial charge on any atom is 0.234 e. The maximum atomic E-state index is 12.6. The van der Waals surface area contributed by atoms with Crippen LogP contribution in [0.15, 0.2) is 24.3 Å². The molecule has 0 bridgehead atoms. The Bertz CT molecular complexity index is 324. The van der Waals surface area contributed by atoms with Gasteiger partial charge < -0.3 is 11.1 Å². The second-order valence-corrected chi connectivity index (χ2v) is 3.45. The number of rotatable bonds is 5. The molecule has 1 aromatic carbocycles. The zero-order valence-corrected chi connectivity index (χ0v) is 8.66. The van der Waals surface area contributed by atoms with Crippen molar-refractivity contribution in [3.8, 4) is 0 Å². The zero-order valence-electron chi connectivity index (χ0n) is 8.66. The Labute approximate surface area is 88.5 Å². The Morgan fingerprint density at radius 2 is 2.07 bits per heavy atom. The number of carbonyl (C=O) groups is 1. The van der Waals surface area contributed by atoms with Gasteiger partial charge in [0.1, 0.15) is 5.82 Å². The Hall–Kier alpha value is -1.42. The minimum Gasteiger partial charge on any atom is -0.368 e. The fourth-order valence-electron chi connectivity index (χ4n) is 1.18. The van der Waals surface area contributed by atoms with Crippen LogP contribution in [0.2, 0.25) is 0 Å². The van der Waals surface area contributed by atoms with E-state index >= 15 is 0 Å². The number of hydrogen-bond donors (Lipinski definition) is 2. The summed E-state index contributed by atoms with van der Waals surface area (Å²) in [5.74, 6) is -0.605. The van der Waals surface area contributed by atoms with E-state index < -0.39 is 0 Å². The predicted octanol–water partition coefficient (Wildman–Crippen LogP) is 0.832. The lowest BCUT2D eigenvalue weighted by atomic mass is 10.1. The van der Waals surface area contributed by atoms with Gasteiger partial charge in [-0.3, -0.25) is 4.79 Å². The Morgan fingerprint density at radius 1 is 1.47 bits per heavy atom. The number of amides is 1. The summed E-state index contributed by atoms with van der Waals surface area (Å²) in [6, 6.07) is 5.97. The average molecular weight is 210 g/mol. The molecule has 1 unspecified atom stereocenters. The molecule has 0 radical (unpaired) electrons. The van der Waals surface area contributed by atoms with E-state index in [0.717, 1.165) is 12.0 Å². The van der Waals surface area contributed by atoms with Gasteiger partial charge in [0.25, 0.3) is 0 Å². The van der Waals surface area contributed by atoms with Crippen molar-refractivity contribution >= 4 is 5.91 Å². The number of nitrogens with two attached hydrogens (primary N) is 1. The second kappa shape index (κ2) is 5.46. The molecule has 1 rings (SSSR count). The molecule has 0 aliphatic carbocycles. The zero-order chi connectivity index (χ0) is 11.3. The molecule has 0 fully saturated rings. The molecule has 82 valence electrons. The quantitative estimate of drug-likeness (QED) is 0.756. The van der Waals surface area contributed by atoms with E-state index in [1.807, 2.05) is 0 Å². The van der Waals surface area contributed by atoms with Crippen LogP contribution in [0.25, 0.3) is 0 Å². The van der Waals surface area contributed by atoms with E-state index in [2.05, 4.69) is 5.32 Å². The number of hydrogen-bond acceptors (Lipinski definition) is 2. The molecule has 3 N–H and O–H groups in total. The van der Waals surface area contributed by atoms with Crippen molar-refractivity contribution in [2.45, 2.75) is 19.4 Å². The fraction of sp³-hybridized carbons (Fsp3) is 0.364. The molecule has 3 nitrogen and oxygen atoms in total. The number of nitrogens with one attached hydrogen (secondary N) is 1. The Morgan fingerprint density at radius 3 is 2.60 bits per heavy atom. The van der Waals surface area contributed by atoms with Gasteiger partial charge in [0.2, 0.25) is 5.91 Å². The van der Waals surface area contributed by atoms with Crippen LogP contribution in [-0.2, 0) is 11.2 Å². The van der Waals surface area contributed by atoms with Crippen molar-refractivity contribution in [3.05, 3.63) is 35.6 Å². The van der Waals surface area contributed by atoms with Gasteiger partial charge in [-0.15, -0.1) is 0 Å². The van der Waals surface area contributed by atoms with Crippen molar-refractivity contribution in [1.82, 2.24) is 5.32 Å². The van der Waals surface area contributed by atoms with Gasteiger partial charge in [-0.1, -0.05) is 12.1 Å². The molecule has 0 aliphatic rings. The molecule has 0 aromatic heterocycles. The van der Waals surface area contributed by atoms with Gasteiger partial charge in [-0.2, -0.15) is 0 Å². The van der Waals surface area contributed by atoms with Crippen LogP contribution < -0.4 is 11.1 Å². The molecular formula is C11H15FN2O. The van der Waals surface area contributed by atoms with E-state index in [9.17, 15) is 9.18 Å². The summed E-state index contributed by atoms with van der Waals surface area (Å²) >= 11 is 0. The van der Waals surface area contributed by atoms with Crippen LogP contribution in [0.3, 0.4) is 0 Å². The summed E-state index contributed by atoms with van der Waals surface area (Å²) in [6.45, 7) is 2.36. The highest BCUT2D eigenvalue weighted by atomic mass is 19.1. The normalized spacial score (nSPS) is 12.4. The standard InChI is InChI=1S/C11H15FN2O/c1-8(11(13)15)14-7-6-9-2-4-10(12)5-3-9/h2-5,8,14H,6-7H2,1H3,(H2,13,15). The van der Waals surface area contributed by atoms with Gasteiger partial charge in [-0.05, 0) is 37.6 Å².